The standard InChI is InChI=1S/C20H30N2O4S/c1-25-10-11-27(23,24)22-8-3-4-16-14-21-9-7-15-12-17(26-2)5-6-18(15)20(21)13-19(16)22/h5-6,12,16,19-20H,3-4,7-11,13-14H2,1-2H3/t16-,19+,20+/m1/s1. The summed E-state index contributed by atoms with van der Waals surface area (Å²) in [6, 6.07) is 6.77. The second-order valence-electron chi connectivity index (χ2n) is 7.95. The van der Waals surface area contributed by atoms with Gasteiger partial charge in [-0.25, -0.2) is 8.42 Å². The van der Waals surface area contributed by atoms with Crippen molar-refractivity contribution in [2.75, 3.05) is 46.2 Å². The monoisotopic (exact) mass is 394 g/mol. The van der Waals surface area contributed by atoms with Crippen LogP contribution in [-0.2, 0) is 21.2 Å². The van der Waals surface area contributed by atoms with Crippen molar-refractivity contribution in [2.45, 2.75) is 37.8 Å². The van der Waals surface area contributed by atoms with E-state index in [2.05, 4.69) is 17.0 Å². The van der Waals surface area contributed by atoms with Crippen LogP contribution in [0.5, 0.6) is 5.75 Å². The van der Waals surface area contributed by atoms with Gasteiger partial charge in [-0.1, -0.05) is 6.07 Å². The summed E-state index contributed by atoms with van der Waals surface area (Å²) in [4.78, 5) is 2.57. The summed E-state index contributed by atoms with van der Waals surface area (Å²) in [6.45, 7) is 2.95. The largest absolute Gasteiger partial charge is 0.497 e. The molecule has 27 heavy (non-hydrogen) atoms. The molecule has 3 aliphatic rings. The molecule has 1 aromatic rings. The van der Waals surface area contributed by atoms with Crippen LogP contribution < -0.4 is 4.74 Å². The highest BCUT2D eigenvalue weighted by Gasteiger charge is 2.45. The van der Waals surface area contributed by atoms with Gasteiger partial charge in [0.2, 0.25) is 10.0 Å². The van der Waals surface area contributed by atoms with Gasteiger partial charge in [-0.3, -0.25) is 4.90 Å². The molecule has 1 aromatic carbocycles. The number of benzene rings is 1. The molecule has 0 N–H and O–H groups in total. The lowest BCUT2D eigenvalue weighted by molar-refractivity contribution is 0.0217. The maximum atomic E-state index is 12.9. The van der Waals surface area contributed by atoms with Crippen molar-refractivity contribution in [3.05, 3.63) is 29.3 Å². The fourth-order valence-electron chi connectivity index (χ4n) is 5.17. The summed E-state index contributed by atoms with van der Waals surface area (Å²) >= 11 is 0. The van der Waals surface area contributed by atoms with Gasteiger partial charge in [0.1, 0.15) is 5.75 Å². The molecule has 0 radical (unpaired) electrons. The highest BCUT2D eigenvalue weighted by molar-refractivity contribution is 7.89. The normalized spacial score (nSPS) is 28.9. The van der Waals surface area contributed by atoms with Crippen LogP contribution in [0.15, 0.2) is 18.2 Å². The number of hydrogen-bond donors (Lipinski definition) is 0. The lowest BCUT2D eigenvalue weighted by Gasteiger charge is -2.51. The topological polar surface area (TPSA) is 59.1 Å². The van der Waals surface area contributed by atoms with Gasteiger partial charge in [0.25, 0.3) is 0 Å². The molecular weight excluding hydrogens is 364 g/mol. The first-order valence-electron chi connectivity index (χ1n) is 9.93. The third kappa shape index (κ3) is 3.62. The second-order valence-corrected chi connectivity index (χ2v) is 9.99. The van der Waals surface area contributed by atoms with Gasteiger partial charge in [0, 0.05) is 38.8 Å². The SMILES string of the molecule is COCCS(=O)(=O)N1CCC[C@@H]2CN3CCc4cc(OC)ccc4[C@@H]3C[C@@H]21. The van der Waals surface area contributed by atoms with Gasteiger partial charge < -0.3 is 9.47 Å². The Morgan fingerprint density at radius 1 is 1.22 bits per heavy atom. The molecule has 3 aliphatic heterocycles. The Kier molecular flexibility index (Phi) is 5.47. The molecule has 3 atom stereocenters. The van der Waals surface area contributed by atoms with Crippen LogP contribution in [0.25, 0.3) is 0 Å². The Morgan fingerprint density at radius 3 is 2.85 bits per heavy atom. The van der Waals surface area contributed by atoms with Crippen LogP contribution in [0.3, 0.4) is 0 Å². The summed E-state index contributed by atoms with van der Waals surface area (Å²) in [7, 11) is -0.0149. The van der Waals surface area contributed by atoms with Crippen LogP contribution in [0.2, 0.25) is 0 Å². The average Bonchev–Trinajstić information content (AvgIpc) is 2.69. The summed E-state index contributed by atoms with van der Waals surface area (Å²) in [5, 5.41) is 0. The molecule has 4 rings (SSSR count). The number of ether oxygens (including phenoxy) is 2. The van der Waals surface area contributed by atoms with Gasteiger partial charge in [-0.15, -0.1) is 0 Å². The molecule has 150 valence electrons. The smallest absolute Gasteiger partial charge is 0.216 e. The lowest BCUT2D eigenvalue weighted by atomic mass is 9.77. The molecule has 7 heteroatoms. The van der Waals surface area contributed by atoms with Crippen LogP contribution >= 0.6 is 0 Å². The van der Waals surface area contributed by atoms with Crippen molar-refractivity contribution >= 4 is 10.0 Å². The minimum atomic E-state index is -3.27. The number of rotatable bonds is 5. The zero-order valence-electron chi connectivity index (χ0n) is 16.3. The molecule has 0 unspecified atom stereocenters. The molecular formula is C20H30N2O4S. The van der Waals surface area contributed by atoms with Crippen molar-refractivity contribution in [1.29, 1.82) is 0 Å². The second kappa shape index (κ2) is 7.70. The van der Waals surface area contributed by atoms with E-state index >= 15 is 0 Å². The van der Waals surface area contributed by atoms with Crippen molar-refractivity contribution in [3.8, 4) is 5.75 Å². The van der Waals surface area contributed by atoms with Crippen molar-refractivity contribution in [2.24, 2.45) is 5.92 Å². The fraction of sp³-hybridized carbons (Fsp3) is 0.700. The van der Waals surface area contributed by atoms with E-state index in [0.717, 1.165) is 44.5 Å². The van der Waals surface area contributed by atoms with Gasteiger partial charge in [-0.05, 0) is 54.9 Å². The molecule has 0 aliphatic carbocycles. The molecule has 0 spiro atoms. The number of nitrogens with zero attached hydrogens (tertiary/aromatic N) is 2. The van der Waals surface area contributed by atoms with Crippen molar-refractivity contribution in [3.63, 3.8) is 0 Å². The Balaban J connectivity index is 1.60. The van der Waals surface area contributed by atoms with E-state index in [4.69, 9.17) is 9.47 Å². The number of hydrogen-bond acceptors (Lipinski definition) is 5. The van der Waals surface area contributed by atoms with E-state index in [1.807, 2.05) is 6.07 Å². The number of fused-ring (bicyclic) bond motifs is 4. The Bertz CT molecular complexity index is 782. The average molecular weight is 395 g/mol. The number of piperidine rings is 2. The molecule has 6 nitrogen and oxygen atoms in total. The van der Waals surface area contributed by atoms with Crippen LogP contribution in [0, 0.1) is 5.92 Å². The Hall–Kier alpha value is -1.15. The van der Waals surface area contributed by atoms with E-state index in [-0.39, 0.29) is 18.4 Å². The zero-order valence-corrected chi connectivity index (χ0v) is 17.1. The first-order valence-corrected chi connectivity index (χ1v) is 11.5. The predicted molar refractivity (Wildman–Crippen MR) is 105 cm³/mol. The Morgan fingerprint density at radius 2 is 2.07 bits per heavy atom. The van der Waals surface area contributed by atoms with E-state index in [0.29, 0.717) is 18.5 Å². The molecule has 0 amide bonds. The molecule has 0 aromatic heterocycles. The van der Waals surface area contributed by atoms with E-state index in [1.165, 1.54) is 11.1 Å². The minimum absolute atomic E-state index is 0.0783. The van der Waals surface area contributed by atoms with Gasteiger partial charge in [-0.2, -0.15) is 4.31 Å². The summed E-state index contributed by atoms with van der Waals surface area (Å²) in [6.07, 6.45) is 4.01. The van der Waals surface area contributed by atoms with E-state index in [9.17, 15) is 8.42 Å². The maximum Gasteiger partial charge on any atom is 0.216 e. The number of methoxy groups -OCH3 is 2. The van der Waals surface area contributed by atoms with E-state index < -0.39 is 10.0 Å². The predicted octanol–water partition coefficient (Wildman–Crippen LogP) is 2.05. The molecule has 3 heterocycles. The van der Waals surface area contributed by atoms with Crippen molar-refractivity contribution in [1.82, 2.24) is 9.21 Å². The van der Waals surface area contributed by atoms with Crippen LogP contribution in [-0.4, -0.2) is 69.9 Å². The summed E-state index contributed by atoms with van der Waals surface area (Å²) in [5.74, 6) is 1.42. The third-order valence-corrected chi connectivity index (χ3v) is 8.37. The van der Waals surface area contributed by atoms with Crippen molar-refractivity contribution < 1.29 is 17.9 Å². The summed E-state index contributed by atoms with van der Waals surface area (Å²) in [5.41, 5.74) is 2.69. The van der Waals surface area contributed by atoms with Crippen LogP contribution in [0.4, 0.5) is 0 Å². The highest BCUT2D eigenvalue weighted by atomic mass is 32.2. The van der Waals surface area contributed by atoms with Crippen LogP contribution in [0.1, 0.15) is 36.4 Å². The maximum absolute atomic E-state index is 12.9. The minimum Gasteiger partial charge on any atom is -0.497 e. The number of sulfonamides is 1. The third-order valence-electron chi connectivity index (χ3n) is 6.52. The fourth-order valence-corrected chi connectivity index (χ4v) is 6.86. The lowest BCUT2D eigenvalue weighted by Crippen LogP contribution is -2.57. The molecule has 0 saturated carbocycles. The molecule has 0 bridgehead atoms. The zero-order chi connectivity index (χ0) is 19.0. The van der Waals surface area contributed by atoms with Gasteiger partial charge in [0.15, 0.2) is 0 Å². The Labute approximate surface area is 162 Å². The quantitative estimate of drug-likeness (QED) is 0.765. The first kappa shape index (κ1) is 19.2. The van der Waals surface area contributed by atoms with E-state index in [1.54, 1.807) is 18.5 Å². The summed E-state index contributed by atoms with van der Waals surface area (Å²) < 4.78 is 38.0. The highest BCUT2D eigenvalue weighted by Crippen LogP contribution is 2.44. The first-order chi connectivity index (χ1) is 13.0. The van der Waals surface area contributed by atoms with Gasteiger partial charge in [0.05, 0.1) is 19.5 Å². The van der Waals surface area contributed by atoms with Gasteiger partial charge >= 0.3 is 0 Å². The molecule has 2 saturated heterocycles. The molecule has 2 fully saturated rings.